The van der Waals surface area contributed by atoms with Gasteiger partial charge in [-0.2, -0.15) is 5.10 Å². The van der Waals surface area contributed by atoms with E-state index in [1.807, 2.05) is 30.3 Å². The third kappa shape index (κ3) is 3.55. The summed E-state index contributed by atoms with van der Waals surface area (Å²) in [4.78, 5) is 17.8. The predicted octanol–water partition coefficient (Wildman–Crippen LogP) is 2.98. The van der Waals surface area contributed by atoms with E-state index in [0.29, 0.717) is 34.2 Å². The quantitative estimate of drug-likeness (QED) is 0.523. The topological polar surface area (TPSA) is 98.8 Å². The van der Waals surface area contributed by atoms with Crippen molar-refractivity contribution in [1.29, 1.82) is 0 Å². The molecule has 0 radical (unpaired) electrons. The molecule has 0 unspecified atom stereocenters. The average molecular weight is 396 g/mol. The van der Waals surface area contributed by atoms with Crippen LogP contribution in [0.4, 0.5) is 0 Å². The number of hydrogen-bond donors (Lipinski definition) is 2. The fraction of sp³-hybridized carbons (Fsp3) is 0.150. The van der Waals surface area contributed by atoms with Crippen LogP contribution in [0.5, 0.6) is 0 Å². The molecule has 0 fully saturated rings. The number of nitrogens with two attached hydrogens (primary N) is 1. The van der Waals surface area contributed by atoms with Gasteiger partial charge in [0, 0.05) is 6.07 Å². The molecule has 1 atom stereocenters. The SMILES string of the molecule is N[C@@H](COCc1ccccc1)c1nc2cccc(Cl)c2c(=O)n1-c1ccn[nH]1. The summed E-state index contributed by atoms with van der Waals surface area (Å²) in [6.45, 7) is 0.615. The Morgan fingerprint density at radius 3 is 2.71 bits per heavy atom. The fourth-order valence-corrected chi connectivity index (χ4v) is 3.26. The first kappa shape index (κ1) is 18.4. The number of rotatable bonds is 6. The van der Waals surface area contributed by atoms with Crippen LogP contribution >= 0.6 is 11.6 Å². The highest BCUT2D eigenvalue weighted by atomic mass is 35.5. The minimum Gasteiger partial charge on any atom is -0.375 e. The van der Waals surface area contributed by atoms with E-state index in [1.54, 1.807) is 30.5 Å². The van der Waals surface area contributed by atoms with Gasteiger partial charge < -0.3 is 10.5 Å². The van der Waals surface area contributed by atoms with Crippen molar-refractivity contribution in [3.8, 4) is 5.82 Å². The molecule has 142 valence electrons. The van der Waals surface area contributed by atoms with E-state index < -0.39 is 6.04 Å². The van der Waals surface area contributed by atoms with E-state index in [1.165, 1.54) is 4.57 Å². The maximum atomic E-state index is 13.2. The standard InChI is InChI=1S/C20H18ClN5O2/c21-14-7-4-8-16-18(14)20(27)26(17-9-10-23-25-17)19(24-16)15(22)12-28-11-13-5-2-1-3-6-13/h1-10,15H,11-12,22H2,(H,23,25)/t15-/m0/s1. The first-order valence-corrected chi connectivity index (χ1v) is 9.11. The largest absolute Gasteiger partial charge is 0.375 e. The summed E-state index contributed by atoms with van der Waals surface area (Å²) in [5.74, 6) is 0.838. The summed E-state index contributed by atoms with van der Waals surface area (Å²) >= 11 is 6.24. The molecule has 8 heteroatoms. The molecule has 0 aliphatic carbocycles. The molecule has 0 saturated carbocycles. The van der Waals surface area contributed by atoms with Gasteiger partial charge in [0.05, 0.1) is 41.4 Å². The van der Waals surface area contributed by atoms with E-state index in [4.69, 9.17) is 22.1 Å². The van der Waals surface area contributed by atoms with Gasteiger partial charge in [0.25, 0.3) is 5.56 Å². The van der Waals surface area contributed by atoms with Gasteiger partial charge in [-0.05, 0) is 17.7 Å². The van der Waals surface area contributed by atoms with Gasteiger partial charge in [-0.25, -0.2) is 9.55 Å². The van der Waals surface area contributed by atoms with Crippen molar-refractivity contribution < 1.29 is 4.74 Å². The molecule has 0 bridgehead atoms. The van der Waals surface area contributed by atoms with Crippen LogP contribution in [0.2, 0.25) is 5.02 Å². The van der Waals surface area contributed by atoms with Gasteiger partial charge in [0.15, 0.2) is 0 Å². The van der Waals surface area contributed by atoms with E-state index in [9.17, 15) is 4.79 Å². The summed E-state index contributed by atoms with van der Waals surface area (Å²) in [7, 11) is 0. The predicted molar refractivity (Wildman–Crippen MR) is 108 cm³/mol. The highest BCUT2D eigenvalue weighted by Crippen LogP contribution is 2.22. The second-order valence-electron chi connectivity index (χ2n) is 6.29. The Labute approximate surface area is 165 Å². The minimum atomic E-state index is -0.622. The van der Waals surface area contributed by atoms with Crippen molar-refractivity contribution in [2.75, 3.05) is 6.61 Å². The second kappa shape index (κ2) is 7.93. The average Bonchev–Trinajstić information content (AvgIpc) is 3.22. The number of H-pyrrole nitrogens is 1. The van der Waals surface area contributed by atoms with Crippen LogP contribution in [0.15, 0.2) is 65.6 Å². The molecule has 0 saturated heterocycles. The lowest BCUT2D eigenvalue weighted by atomic mass is 10.2. The van der Waals surface area contributed by atoms with Crippen LogP contribution in [0.25, 0.3) is 16.7 Å². The molecule has 2 aromatic heterocycles. The van der Waals surface area contributed by atoms with E-state index in [2.05, 4.69) is 15.2 Å². The van der Waals surface area contributed by atoms with Crippen molar-refractivity contribution in [2.24, 2.45) is 5.73 Å². The highest BCUT2D eigenvalue weighted by Gasteiger charge is 2.20. The van der Waals surface area contributed by atoms with Crippen molar-refractivity contribution >= 4 is 22.5 Å². The van der Waals surface area contributed by atoms with Crippen LogP contribution in [-0.2, 0) is 11.3 Å². The van der Waals surface area contributed by atoms with Crippen LogP contribution in [-0.4, -0.2) is 26.4 Å². The molecule has 0 aliphatic rings. The summed E-state index contributed by atoms with van der Waals surface area (Å²) in [5, 5.41) is 7.39. The number of nitrogens with zero attached hydrogens (tertiary/aromatic N) is 3. The lowest BCUT2D eigenvalue weighted by Gasteiger charge is -2.18. The van der Waals surface area contributed by atoms with Crippen LogP contribution in [0.1, 0.15) is 17.4 Å². The highest BCUT2D eigenvalue weighted by molar-refractivity contribution is 6.35. The number of ether oxygens (including phenoxy) is 1. The van der Waals surface area contributed by atoms with Gasteiger partial charge in [-0.15, -0.1) is 0 Å². The molecule has 2 heterocycles. The van der Waals surface area contributed by atoms with Crippen molar-refractivity contribution in [3.63, 3.8) is 0 Å². The molecule has 4 aromatic rings. The zero-order valence-electron chi connectivity index (χ0n) is 14.9. The van der Waals surface area contributed by atoms with Gasteiger partial charge >= 0.3 is 0 Å². The number of aromatic nitrogens is 4. The summed E-state index contributed by atoms with van der Waals surface area (Å²) in [6.07, 6.45) is 1.56. The Bertz CT molecular complexity index is 1140. The molecule has 0 amide bonds. The summed E-state index contributed by atoms with van der Waals surface area (Å²) < 4.78 is 7.15. The second-order valence-corrected chi connectivity index (χ2v) is 6.70. The molecule has 2 aromatic carbocycles. The van der Waals surface area contributed by atoms with Crippen LogP contribution in [0.3, 0.4) is 0 Å². The molecule has 0 aliphatic heterocycles. The summed E-state index contributed by atoms with van der Waals surface area (Å²) in [5.41, 5.74) is 7.57. The fourth-order valence-electron chi connectivity index (χ4n) is 3.01. The molecule has 3 N–H and O–H groups in total. The number of fused-ring (bicyclic) bond motifs is 1. The van der Waals surface area contributed by atoms with E-state index >= 15 is 0 Å². The number of hydrogen-bond acceptors (Lipinski definition) is 5. The lowest BCUT2D eigenvalue weighted by Crippen LogP contribution is -2.31. The lowest BCUT2D eigenvalue weighted by molar-refractivity contribution is 0.105. The molecule has 28 heavy (non-hydrogen) atoms. The Balaban J connectivity index is 1.71. The Morgan fingerprint density at radius 2 is 1.96 bits per heavy atom. The zero-order valence-corrected chi connectivity index (χ0v) is 15.6. The number of aromatic amines is 1. The third-order valence-corrected chi connectivity index (χ3v) is 4.66. The van der Waals surface area contributed by atoms with E-state index in [-0.39, 0.29) is 12.2 Å². The van der Waals surface area contributed by atoms with Gasteiger partial charge in [0.2, 0.25) is 0 Å². The first-order valence-electron chi connectivity index (χ1n) is 8.73. The monoisotopic (exact) mass is 395 g/mol. The zero-order chi connectivity index (χ0) is 19.5. The maximum Gasteiger partial charge on any atom is 0.268 e. The Morgan fingerprint density at radius 1 is 1.14 bits per heavy atom. The van der Waals surface area contributed by atoms with Crippen LogP contribution < -0.4 is 11.3 Å². The summed E-state index contributed by atoms with van der Waals surface area (Å²) in [6, 6.07) is 16.0. The van der Waals surface area contributed by atoms with Crippen molar-refractivity contribution in [2.45, 2.75) is 12.6 Å². The van der Waals surface area contributed by atoms with Gasteiger partial charge in [-0.3, -0.25) is 9.89 Å². The molecular weight excluding hydrogens is 378 g/mol. The molecular formula is C20H18ClN5O2. The van der Waals surface area contributed by atoms with Gasteiger partial charge in [-0.1, -0.05) is 48.0 Å². The normalized spacial score (nSPS) is 12.4. The van der Waals surface area contributed by atoms with Crippen molar-refractivity contribution in [3.05, 3.63) is 87.6 Å². The number of halogens is 1. The minimum absolute atomic E-state index is 0.196. The number of nitrogens with one attached hydrogen (secondary N) is 1. The Hall–Kier alpha value is -3.00. The maximum absolute atomic E-state index is 13.2. The van der Waals surface area contributed by atoms with Gasteiger partial charge in [0.1, 0.15) is 11.6 Å². The smallest absolute Gasteiger partial charge is 0.268 e. The van der Waals surface area contributed by atoms with Crippen molar-refractivity contribution in [1.82, 2.24) is 19.7 Å². The number of benzene rings is 2. The first-order chi connectivity index (χ1) is 13.6. The Kier molecular flexibility index (Phi) is 5.21. The van der Waals surface area contributed by atoms with Crippen LogP contribution in [0, 0.1) is 0 Å². The third-order valence-electron chi connectivity index (χ3n) is 4.34. The molecule has 7 nitrogen and oxygen atoms in total. The molecule has 4 rings (SSSR count). The van der Waals surface area contributed by atoms with E-state index in [0.717, 1.165) is 5.56 Å². The molecule has 0 spiro atoms.